The maximum Gasteiger partial charge on any atom is 0.227 e. The van der Waals surface area contributed by atoms with Crippen LogP contribution >= 0.6 is 0 Å². The molecule has 7 rings (SSSR count). The lowest BCUT2D eigenvalue weighted by Crippen LogP contribution is -2.13. The molecule has 1 saturated carbocycles. The van der Waals surface area contributed by atoms with E-state index in [9.17, 15) is 4.79 Å². The second-order valence-electron chi connectivity index (χ2n) is 9.13. The Morgan fingerprint density at radius 1 is 0.833 bits per heavy atom. The smallest absolute Gasteiger partial charge is 0.227 e. The number of amides is 1. The Labute approximate surface area is 205 Å². The van der Waals surface area contributed by atoms with E-state index >= 15 is 0 Å². The summed E-state index contributed by atoms with van der Waals surface area (Å²) in [5, 5.41) is 12.8. The van der Waals surface area contributed by atoms with Crippen molar-refractivity contribution in [3.63, 3.8) is 0 Å². The maximum atomic E-state index is 12.2. The molecule has 1 aliphatic rings. The van der Waals surface area contributed by atoms with Gasteiger partial charge in [0, 0.05) is 58.2 Å². The molecule has 0 spiro atoms. The largest absolute Gasteiger partial charge is 0.352 e. The second kappa shape index (κ2) is 8.13. The number of carbonyl (C=O) groups is 1. The van der Waals surface area contributed by atoms with E-state index in [0.717, 1.165) is 68.3 Å². The number of nitrogens with zero attached hydrogens (tertiary/aromatic N) is 4. The van der Waals surface area contributed by atoms with Gasteiger partial charge >= 0.3 is 0 Å². The van der Waals surface area contributed by atoms with Gasteiger partial charge in [-0.25, -0.2) is 0 Å². The fourth-order valence-electron chi connectivity index (χ4n) is 4.59. The van der Waals surface area contributed by atoms with E-state index < -0.39 is 0 Å². The van der Waals surface area contributed by atoms with Crippen molar-refractivity contribution in [2.24, 2.45) is 5.92 Å². The van der Waals surface area contributed by atoms with Crippen LogP contribution in [-0.2, 0) is 4.79 Å². The highest BCUT2D eigenvalue weighted by atomic mass is 16.2. The summed E-state index contributed by atoms with van der Waals surface area (Å²) in [6.45, 7) is 0. The molecule has 174 valence electrons. The van der Waals surface area contributed by atoms with E-state index in [1.807, 2.05) is 55.1 Å². The Bertz CT molecular complexity index is 1750. The number of hydrogen-bond donors (Lipinski definition) is 3. The predicted molar refractivity (Wildman–Crippen MR) is 139 cm³/mol. The highest BCUT2D eigenvalue weighted by Gasteiger charge is 2.29. The molecule has 1 aliphatic carbocycles. The van der Waals surface area contributed by atoms with Crippen molar-refractivity contribution in [3.05, 3.63) is 79.6 Å². The fourth-order valence-corrected chi connectivity index (χ4v) is 4.59. The van der Waals surface area contributed by atoms with Crippen LogP contribution in [0.4, 0.5) is 5.69 Å². The molecule has 6 aromatic rings. The third-order valence-corrected chi connectivity index (χ3v) is 6.62. The summed E-state index contributed by atoms with van der Waals surface area (Å²) in [7, 11) is 0. The number of aromatic amines is 2. The Balaban J connectivity index is 1.28. The molecule has 0 atom stereocenters. The standard InChI is InChI=1S/C28H21N7O/c36-28(16-3-4-16)32-20-8-19(12-30-13-20)17-5-6-24-22(9-17)27(35-34-24)25-10-21-23(14-31-15-26(21)33-25)18-2-1-7-29-11-18/h1-2,5-16,33H,3-4H2,(H,32,36)(H,34,35). The van der Waals surface area contributed by atoms with Crippen molar-refractivity contribution in [3.8, 4) is 33.6 Å². The quantitative estimate of drug-likeness (QED) is 0.304. The SMILES string of the molecule is O=C(Nc1cncc(-c2ccc3[nH]nc(-c4cc5c(-c6cccnc6)cncc5[nH]4)c3c2)c1)C1CC1. The molecule has 0 radical (unpaired) electrons. The van der Waals surface area contributed by atoms with Gasteiger partial charge in [-0.15, -0.1) is 0 Å². The zero-order chi connectivity index (χ0) is 24.1. The Kier molecular flexibility index (Phi) is 4.63. The summed E-state index contributed by atoms with van der Waals surface area (Å²) >= 11 is 0. The number of fused-ring (bicyclic) bond motifs is 2. The summed E-state index contributed by atoms with van der Waals surface area (Å²) in [5.74, 6) is 0.212. The average molecular weight is 472 g/mol. The minimum Gasteiger partial charge on any atom is -0.352 e. The lowest BCUT2D eigenvalue weighted by atomic mass is 10.0. The number of hydrogen-bond acceptors (Lipinski definition) is 5. The molecule has 36 heavy (non-hydrogen) atoms. The average Bonchev–Trinajstić information content (AvgIpc) is 3.55. The fraction of sp³-hybridized carbons (Fsp3) is 0.107. The van der Waals surface area contributed by atoms with E-state index in [0.29, 0.717) is 5.69 Å². The molecule has 0 bridgehead atoms. The molecular formula is C28H21N7O. The van der Waals surface area contributed by atoms with Gasteiger partial charge in [0.25, 0.3) is 0 Å². The molecule has 5 heterocycles. The molecule has 8 nitrogen and oxygen atoms in total. The van der Waals surface area contributed by atoms with Crippen LogP contribution in [0, 0.1) is 5.92 Å². The number of aromatic nitrogens is 6. The molecule has 1 amide bonds. The van der Waals surface area contributed by atoms with E-state index in [4.69, 9.17) is 0 Å². The van der Waals surface area contributed by atoms with Crippen molar-refractivity contribution >= 4 is 33.4 Å². The van der Waals surface area contributed by atoms with Gasteiger partial charge in [-0.3, -0.25) is 24.8 Å². The second-order valence-corrected chi connectivity index (χ2v) is 9.13. The van der Waals surface area contributed by atoms with Crippen molar-refractivity contribution in [2.45, 2.75) is 12.8 Å². The first-order chi connectivity index (χ1) is 17.7. The Morgan fingerprint density at radius 3 is 2.58 bits per heavy atom. The van der Waals surface area contributed by atoms with Gasteiger partial charge in [0.15, 0.2) is 0 Å². The number of carbonyl (C=O) groups excluding carboxylic acids is 1. The van der Waals surface area contributed by atoms with Gasteiger partial charge in [-0.05, 0) is 48.7 Å². The molecular weight excluding hydrogens is 450 g/mol. The van der Waals surface area contributed by atoms with Crippen LogP contribution in [0.1, 0.15) is 12.8 Å². The Morgan fingerprint density at radius 2 is 1.72 bits per heavy atom. The van der Waals surface area contributed by atoms with Crippen molar-refractivity contribution < 1.29 is 4.79 Å². The van der Waals surface area contributed by atoms with Crippen LogP contribution in [0.15, 0.2) is 79.6 Å². The molecule has 0 unspecified atom stereocenters. The number of nitrogens with one attached hydrogen (secondary N) is 3. The van der Waals surface area contributed by atoms with Gasteiger partial charge in [0.1, 0.15) is 5.69 Å². The molecule has 1 fully saturated rings. The van der Waals surface area contributed by atoms with Crippen LogP contribution in [-0.4, -0.2) is 36.0 Å². The maximum absolute atomic E-state index is 12.2. The van der Waals surface area contributed by atoms with Crippen molar-refractivity contribution in [1.29, 1.82) is 0 Å². The van der Waals surface area contributed by atoms with E-state index in [2.05, 4.69) is 47.6 Å². The molecule has 1 aromatic carbocycles. The first-order valence-electron chi connectivity index (χ1n) is 11.8. The number of rotatable bonds is 5. The first kappa shape index (κ1) is 20.5. The van der Waals surface area contributed by atoms with E-state index in [1.165, 1.54) is 0 Å². The summed E-state index contributed by atoms with van der Waals surface area (Å²) < 4.78 is 0. The molecule has 0 saturated heterocycles. The Hall–Kier alpha value is -4.85. The summed E-state index contributed by atoms with van der Waals surface area (Å²) in [5.41, 5.74) is 8.25. The van der Waals surface area contributed by atoms with Crippen molar-refractivity contribution in [2.75, 3.05) is 5.32 Å². The van der Waals surface area contributed by atoms with E-state index in [-0.39, 0.29) is 11.8 Å². The minimum absolute atomic E-state index is 0.0699. The highest BCUT2D eigenvalue weighted by Crippen LogP contribution is 2.35. The molecule has 8 heteroatoms. The van der Waals surface area contributed by atoms with Gasteiger partial charge in [-0.1, -0.05) is 12.1 Å². The number of benzene rings is 1. The summed E-state index contributed by atoms with van der Waals surface area (Å²) in [6, 6.07) is 14.2. The third kappa shape index (κ3) is 3.60. The van der Waals surface area contributed by atoms with Gasteiger partial charge < -0.3 is 10.3 Å². The zero-order valence-electron chi connectivity index (χ0n) is 19.2. The zero-order valence-corrected chi connectivity index (χ0v) is 19.2. The van der Waals surface area contributed by atoms with Crippen LogP contribution in [0.2, 0.25) is 0 Å². The normalized spacial score (nSPS) is 13.3. The third-order valence-electron chi connectivity index (χ3n) is 6.62. The molecule has 0 aliphatic heterocycles. The number of anilines is 1. The predicted octanol–water partition coefficient (Wildman–Crippen LogP) is 5.58. The van der Waals surface area contributed by atoms with Crippen molar-refractivity contribution in [1.82, 2.24) is 30.1 Å². The van der Waals surface area contributed by atoms with Gasteiger partial charge in [0.05, 0.1) is 34.8 Å². The highest BCUT2D eigenvalue weighted by molar-refractivity contribution is 6.01. The number of H-pyrrole nitrogens is 2. The lowest BCUT2D eigenvalue weighted by molar-refractivity contribution is -0.117. The number of pyridine rings is 3. The van der Waals surface area contributed by atoms with Crippen LogP contribution in [0.3, 0.4) is 0 Å². The molecule has 5 aromatic heterocycles. The first-order valence-corrected chi connectivity index (χ1v) is 11.8. The summed E-state index contributed by atoms with van der Waals surface area (Å²) in [6.07, 6.45) is 12.7. The van der Waals surface area contributed by atoms with Gasteiger partial charge in [-0.2, -0.15) is 5.10 Å². The summed E-state index contributed by atoms with van der Waals surface area (Å²) in [4.78, 5) is 28.7. The monoisotopic (exact) mass is 471 g/mol. The minimum atomic E-state index is 0.0699. The van der Waals surface area contributed by atoms with Crippen LogP contribution < -0.4 is 5.32 Å². The molecule has 3 N–H and O–H groups in total. The van der Waals surface area contributed by atoms with Crippen LogP contribution in [0.5, 0.6) is 0 Å². The van der Waals surface area contributed by atoms with Gasteiger partial charge in [0.2, 0.25) is 5.91 Å². The van der Waals surface area contributed by atoms with E-state index in [1.54, 1.807) is 12.4 Å². The lowest BCUT2D eigenvalue weighted by Gasteiger charge is -2.07. The topological polar surface area (TPSA) is 112 Å². The van der Waals surface area contributed by atoms with Crippen LogP contribution in [0.25, 0.3) is 55.4 Å².